The average molecular weight is 258 g/mol. The van der Waals surface area contributed by atoms with Gasteiger partial charge in [-0.25, -0.2) is 4.79 Å². The van der Waals surface area contributed by atoms with Gasteiger partial charge < -0.3 is 9.84 Å². The van der Waals surface area contributed by atoms with Crippen molar-refractivity contribution < 1.29 is 14.6 Å². The molecule has 1 unspecified atom stereocenters. The molecule has 1 aromatic carbocycles. The molecule has 1 N–H and O–H groups in total. The van der Waals surface area contributed by atoms with E-state index < -0.39 is 12.3 Å². The zero-order valence-corrected chi connectivity index (χ0v) is 11.2. The topological polar surface area (TPSA) is 46.5 Å². The first-order chi connectivity index (χ1) is 8.97. The maximum atomic E-state index is 11.6. The predicted molar refractivity (Wildman–Crippen MR) is 78.0 cm³/mol. The van der Waals surface area contributed by atoms with Gasteiger partial charge in [0.2, 0.25) is 0 Å². The van der Waals surface area contributed by atoms with Gasteiger partial charge in [0.25, 0.3) is 0 Å². The second kappa shape index (κ2) is 6.71. The Labute approximate surface area is 113 Å². The fourth-order valence-electron chi connectivity index (χ4n) is 1.57. The van der Waals surface area contributed by atoms with Crippen molar-refractivity contribution in [2.75, 3.05) is 0 Å². The number of hydrogen-bond donors (Lipinski definition) is 1. The Bertz CT molecular complexity index is 525. The van der Waals surface area contributed by atoms with Crippen LogP contribution in [0.3, 0.4) is 0 Å². The van der Waals surface area contributed by atoms with E-state index in [9.17, 15) is 4.79 Å². The van der Waals surface area contributed by atoms with E-state index in [1.54, 1.807) is 25.2 Å². The van der Waals surface area contributed by atoms with Crippen LogP contribution in [0.15, 0.2) is 36.9 Å². The fourth-order valence-corrected chi connectivity index (χ4v) is 1.57. The molecule has 0 aliphatic rings. The van der Waals surface area contributed by atoms with Crippen LogP contribution in [-0.2, 0) is 9.53 Å². The van der Waals surface area contributed by atoms with Gasteiger partial charge in [0.1, 0.15) is 0 Å². The van der Waals surface area contributed by atoms with Gasteiger partial charge >= 0.3 is 5.97 Å². The number of aliphatic hydroxyl groups is 1. The Kier molecular flexibility index (Phi) is 5.27. The number of carbonyl (C=O) groups is 1. The van der Waals surface area contributed by atoms with Gasteiger partial charge in [-0.15, -0.1) is 0 Å². The van der Waals surface area contributed by atoms with Gasteiger partial charge in [0, 0.05) is 5.57 Å². The summed E-state index contributed by atoms with van der Waals surface area (Å²) in [5, 5.41) is 9.01. The highest BCUT2D eigenvalue weighted by atomic mass is 16.6. The van der Waals surface area contributed by atoms with Crippen molar-refractivity contribution in [1.82, 2.24) is 0 Å². The molecule has 0 aliphatic carbocycles. The van der Waals surface area contributed by atoms with E-state index in [4.69, 9.17) is 9.84 Å². The van der Waals surface area contributed by atoms with Crippen LogP contribution in [0.5, 0.6) is 0 Å². The van der Waals surface area contributed by atoms with Crippen molar-refractivity contribution >= 4 is 24.2 Å². The summed E-state index contributed by atoms with van der Waals surface area (Å²) in [6, 6.07) is 5.71. The third-order valence-corrected chi connectivity index (χ3v) is 2.54. The SMILES string of the molecule is C=Cc1ccc(/C=C(\C)C(=O)OC(C)O)c(C=C)c1. The lowest BCUT2D eigenvalue weighted by atomic mass is 10.0. The van der Waals surface area contributed by atoms with Gasteiger partial charge in [-0.05, 0) is 42.7 Å². The summed E-state index contributed by atoms with van der Waals surface area (Å²) in [7, 11) is 0. The van der Waals surface area contributed by atoms with Gasteiger partial charge in [-0.2, -0.15) is 0 Å². The van der Waals surface area contributed by atoms with Crippen molar-refractivity contribution in [1.29, 1.82) is 0 Å². The Hall–Kier alpha value is -2.13. The standard InChI is InChI=1S/C16H18O3/c1-5-13-7-8-15(14(6-2)10-13)9-11(3)16(18)19-12(4)17/h5-10,12,17H,1-2H2,3-4H3/b11-9+. The molecule has 0 aromatic heterocycles. The molecule has 0 heterocycles. The normalized spacial score (nSPS) is 12.7. The third kappa shape index (κ3) is 4.23. The van der Waals surface area contributed by atoms with Crippen molar-refractivity contribution in [2.24, 2.45) is 0 Å². The van der Waals surface area contributed by atoms with Crippen LogP contribution in [0.1, 0.15) is 30.5 Å². The lowest BCUT2D eigenvalue weighted by Crippen LogP contribution is -2.14. The molecular weight excluding hydrogens is 240 g/mol. The molecule has 100 valence electrons. The van der Waals surface area contributed by atoms with E-state index in [2.05, 4.69) is 13.2 Å². The molecule has 19 heavy (non-hydrogen) atoms. The van der Waals surface area contributed by atoms with Crippen LogP contribution in [0, 0.1) is 0 Å². The number of esters is 1. The predicted octanol–water partition coefficient (Wildman–Crippen LogP) is 3.26. The number of ether oxygens (including phenoxy) is 1. The van der Waals surface area contributed by atoms with Crippen molar-refractivity contribution in [2.45, 2.75) is 20.1 Å². The Balaban J connectivity index is 3.06. The van der Waals surface area contributed by atoms with Crippen LogP contribution >= 0.6 is 0 Å². The number of benzene rings is 1. The molecule has 3 heteroatoms. The molecule has 1 aromatic rings. The minimum Gasteiger partial charge on any atom is -0.433 e. The lowest BCUT2D eigenvalue weighted by molar-refractivity contribution is -0.159. The van der Waals surface area contributed by atoms with Crippen LogP contribution < -0.4 is 0 Å². The second-order valence-electron chi connectivity index (χ2n) is 4.13. The number of rotatable bonds is 5. The van der Waals surface area contributed by atoms with Crippen LogP contribution in [-0.4, -0.2) is 17.4 Å². The molecule has 1 atom stereocenters. The molecular formula is C16H18O3. The van der Waals surface area contributed by atoms with Gasteiger partial charge in [-0.1, -0.05) is 37.4 Å². The number of carbonyl (C=O) groups excluding carboxylic acids is 1. The lowest BCUT2D eigenvalue weighted by Gasteiger charge is -2.08. The highest BCUT2D eigenvalue weighted by molar-refractivity contribution is 5.93. The zero-order valence-electron chi connectivity index (χ0n) is 11.2. The summed E-state index contributed by atoms with van der Waals surface area (Å²) in [6.07, 6.45) is 4.05. The average Bonchev–Trinajstić information content (AvgIpc) is 2.38. The summed E-state index contributed by atoms with van der Waals surface area (Å²) in [6.45, 7) is 10.5. The van der Waals surface area contributed by atoms with Gasteiger partial charge in [0.05, 0.1) is 0 Å². The summed E-state index contributed by atoms with van der Waals surface area (Å²) < 4.78 is 4.71. The fraction of sp³-hybridized carbons (Fsp3) is 0.188. The molecule has 0 fully saturated rings. The summed E-state index contributed by atoms with van der Waals surface area (Å²) in [5.41, 5.74) is 3.16. The molecule has 0 amide bonds. The Morgan fingerprint density at radius 2 is 2.00 bits per heavy atom. The molecule has 0 spiro atoms. The van der Waals surface area contributed by atoms with E-state index in [0.29, 0.717) is 5.57 Å². The minimum absolute atomic E-state index is 0.412. The first-order valence-electron chi connectivity index (χ1n) is 5.94. The maximum absolute atomic E-state index is 11.6. The van der Waals surface area contributed by atoms with Crippen LogP contribution in [0.4, 0.5) is 0 Å². The summed E-state index contributed by atoms with van der Waals surface area (Å²) >= 11 is 0. The molecule has 1 rings (SSSR count). The molecule has 0 bridgehead atoms. The highest BCUT2D eigenvalue weighted by Crippen LogP contribution is 2.18. The molecule has 3 nitrogen and oxygen atoms in total. The molecule has 0 aliphatic heterocycles. The zero-order chi connectivity index (χ0) is 14.4. The molecule has 0 saturated carbocycles. The second-order valence-corrected chi connectivity index (χ2v) is 4.13. The van der Waals surface area contributed by atoms with E-state index in [0.717, 1.165) is 16.7 Å². The third-order valence-electron chi connectivity index (χ3n) is 2.54. The summed E-state index contributed by atoms with van der Waals surface area (Å²) in [5.74, 6) is -0.544. The van der Waals surface area contributed by atoms with Crippen molar-refractivity contribution in [3.63, 3.8) is 0 Å². The van der Waals surface area contributed by atoms with E-state index in [-0.39, 0.29) is 0 Å². The van der Waals surface area contributed by atoms with Crippen LogP contribution in [0.2, 0.25) is 0 Å². The van der Waals surface area contributed by atoms with E-state index >= 15 is 0 Å². The molecule has 0 saturated heterocycles. The number of aliphatic hydroxyl groups excluding tert-OH is 1. The smallest absolute Gasteiger partial charge is 0.336 e. The monoisotopic (exact) mass is 258 g/mol. The van der Waals surface area contributed by atoms with Crippen LogP contribution in [0.25, 0.3) is 18.2 Å². The quantitative estimate of drug-likeness (QED) is 0.501. The maximum Gasteiger partial charge on any atom is 0.336 e. The van der Waals surface area contributed by atoms with Gasteiger partial charge in [0.15, 0.2) is 6.29 Å². The largest absolute Gasteiger partial charge is 0.433 e. The van der Waals surface area contributed by atoms with Gasteiger partial charge in [-0.3, -0.25) is 0 Å². The first-order valence-corrected chi connectivity index (χ1v) is 5.94. The van der Waals surface area contributed by atoms with Crippen molar-refractivity contribution in [3.8, 4) is 0 Å². The van der Waals surface area contributed by atoms with E-state index in [1.807, 2.05) is 18.2 Å². The Morgan fingerprint density at radius 1 is 1.32 bits per heavy atom. The van der Waals surface area contributed by atoms with E-state index in [1.165, 1.54) is 6.92 Å². The Morgan fingerprint density at radius 3 is 2.53 bits per heavy atom. The van der Waals surface area contributed by atoms with Crippen molar-refractivity contribution in [3.05, 3.63) is 53.6 Å². The highest BCUT2D eigenvalue weighted by Gasteiger charge is 2.09. The molecule has 0 radical (unpaired) electrons. The number of hydrogen-bond acceptors (Lipinski definition) is 3. The minimum atomic E-state index is -1.11. The summed E-state index contributed by atoms with van der Waals surface area (Å²) in [4.78, 5) is 11.6. The first kappa shape index (κ1) is 14.9.